The number of halogens is 1. The zero-order valence-electron chi connectivity index (χ0n) is 6.62. The molecule has 0 unspecified atom stereocenters. The van der Waals surface area contributed by atoms with Crippen molar-refractivity contribution in [3.63, 3.8) is 0 Å². The highest BCUT2D eigenvalue weighted by Gasteiger charge is 2.38. The van der Waals surface area contributed by atoms with Crippen molar-refractivity contribution >= 4 is 12.4 Å². The van der Waals surface area contributed by atoms with Crippen LogP contribution in [0.1, 0.15) is 12.8 Å². The summed E-state index contributed by atoms with van der Waals surface area (Å²) in [5, 5.41) is 12.3. The molecule has 0 radical (unpaired) electrons. The van der Waals surface area contributed by atoms with Crippen LogP contribution in [-0.2, 0) is 0 Å². The van der Waals surface area contributed by atoms with E-state index >= 15 is 0 Å². The molecule has 3 heteroatoms. The summed E-state index contributed by atoms with van der Waals surface area (Å²) >= 11 is 0. The van der Waals surface area contributed by atoms with Crippen LogP contribution in [0, 0.1) is 17.8 Å². The minimum absolute atomic E-state index is 0. The molecule has 11 heavy (non-hydrogen) atoms. The monoisotopic (exact) mass is 177 g/mol. The molecular formula is C8H16ClNO. The second-order valence-corrected chi connectivity index (χ2v) is 3.60. The molecule has 0 spiro atoms. The van der Waals surface area contributed by atoms with E-state index in [4.69, 9.17) is 5.11 Å². The molecule has 0 aromatic rings. The van der Waals surface area contributed by atoms with Crippen molar-refractivity contribution in [2.24, 2.45) is 17.8 Å². The van der Waals surface area contributed by atoms with E-state index in [1.807, 2.05) is 0 Å². The zero-order valence-corrected chi connectivity index (χ0v) is 7.44. The van der Waals surface area contributed by atoms with E-state index in [-0.39, 0.29) is 12.4 Å². The number of hydrogen-bond acceptors (Lipinski definition) is 2. The van der Waals surface area contributed by atoms with Gasteiger partial charge in [0.2, 0.25) is 0 Å². The third-order valence-electron chi connectivity index (χ3n) is 2.85. The quantitative estimate of drug-likeness (QED) is 0.649. The van der Waals surface area contributed by atoms with Gasteiger partial charge in [0, 0.05) is 13.2 Å². The summed E-state index contributed by atoms with van der Waals surface area (Å²) in [4.78, 5) is 0. The van der Waals surface area contributed by atoms with Crippen LogP contribution >= 0.6 is 12.4 Å². The minimum Gasteiger partial charge on any atom is -0.396 e. The topological polar surface area (TPSA) is 32.3 Å². The third-order valence-corrected chi connectivity index (χ3v) is 2.85. The predicted octanol–water partition coefficient (Wildman–Crippen LogP) is 0.646. The Labute approximate surface area is 73.8 Å². The van der Waals surface area contributed by atoms with Crippen molar-refractivity contribution in [1.29, 1.82) is 0 Å². The van der Waals surface area contributed by atoms with Crippen LogP contribution < -0.4 is 5.32 Å². The summed E-state index contributed by atoms with van der Waals surface area (Å²) < 4.78 is 0. The first-order valence-electron chi connectivity index (χ1n) is 4.23. The van der Waals surface area contributed by atoms with Gasteiger partial charge < -0.3 is 10.4 Å². The number of aliphatic hydroxyl groups excluding tert-OH is 1. The summed E-state index contributed by atoms with van der Waals surface area (Å²) in [7, 11) is 0. The molecular weight excluding hydrogens is 162 g/mol. The first-order chi connectivity index (χ1) is 4.92. The summed E-state index contributed by atoms with van der Waals surface area (Å²) in [6.07, 6.45) is 2.81. The second-order valence-electron chi connectivity index (χ2n) is 3.60. The van der Waals surface area contributed by atoms with Gasteiger partial charge in [-0.05, 0) is 37.1 Å². The molecule has 1 heterocycles. The van der Waals surface area contributed by atoms with Crippen molar-refractivity contribution in [3.05, 3.63) is 0 Å². The summed E-state index contributed by atoms with van der Waals surface area (Å²) in [6.45, 7) is 2.57. The Morgan fingerprint density at radius 1 is 1.27 bits per heavy atom. The largest absolute Gasteiger partial charge is 0.396 e. The minimum atomic E-state index is 0. The maximum atomic E-state index is 8.97. The maximum absolute atomic E-state index is 8.97. The molecule has 0 amide bonds. The fraction of sp³-hybridized carbons (Fsp3) is 1.00. The van der Waals surface area contributed by atoms with Gasteiger partial charge in [0.15, 0.2) is 0 Å². The van der Waals surface area contributed by atoms with Gasteiger partial charge in [-0.2, -0.15) is 0 Å². The molecule has 0 aromatic carbocycles. The molecule has 1 saturated carbocycles. The van der Waals surface area contributed by atoms with Crippen molar-refractivity contribution in [3.8, 4) is 0 Å². The Morgan fingerprint density at radius 3 is 2.55 bits per heavy atom. The van der Waals surface area contributed by atoms with Crippen LogP contribution in [0.3, 0.4) is 0 Å². The van der Waals surface area contributed by atoms with E-state index in [0.717, 1.165) is 24.9 Å². The van der Waals surface area contributed by atoms with E-state index in [1.54, 1.807) is 0 Å². The van der Waals surface area contributed by atoms with Gasteiger partial charge in [0.05, 0.1) is 0 Å². The van der Waals surface area contributed by atoms with Crippen LogP contribution in [0.15, 0.2) is 0 Å². The standard InChI is InChI=1S/C8H15NO.ClH/c10-5-7-3-9-4-8(7)6-1-2-6;/h6-10H,1-5H2;1H/t7-,8-;/m1./s1. The molecule has 66 valence electrons. The molecule has 1 saturated heterocycles. The Bertz CT molecular complexity index is 127. The van der Waals surface area contributed by atoms with Crippen LogP contribution in [0.2, 0.25) is 0 Å². The Kier molecular flexibility index (Phi) is 3.16. The van der Waals surface area contributed by atoms with E-state index < -0.39 is 0 Å². The lowest BCUT2D eigenvalue weighted by molar-refractivity contribution is 0.196. The van der Waals surface area contributed by atoms with Crippen molar-refractivity contribution in [2.45, 2.75) is 12.8 Å². The Morgan fingerprint density at radius 2 is 2.00 bits per heavy atom. The number of hydrogen-bond donors (Lipinski definition) is 2. The van der Waals surface area contributed by atoms with Gasteiger partial charge in [-0.3, -0.25) is 0 Å². The third kappa shape index (κ3) is 1.86. The van der Waals surface area contributed by atoms with E-state index in [2.05, 4.69) is 5.32 Å². The van der Waals surface area contributed by atoms with E-state index in [9.17, 15) is 0 Å². The van der Waals surface area contributed by atoms with Gasteiger partial charge >= 0.3 is 0 Å². The zero-order chi connectivity index (χ0) is 6.97. The van der Waals surface area contributed by atoms with Gasteiger partial charge in [0.1, 0.15) is 0 Å². The number of nitrogens with one attached hydrogen (secondary N) is 1. The molecule has 1 aliphatic carbocycles. The molecule has 2 atom stereocenters. The van der Waals surface area contributed by atoms with Crippen molar-refractivity contribution < 1.29 is 5.11 Å². The summed E-state index contributed by atoms with van der Waals surface area (Å²) in [5.74, 6) is 2.31. The van der Waals surface area contributed by atoms with Crippen LogP contribution in [0.25, 0.3) is 0 Å². The number of aliphatic hydroxyl groups is 1. The predicted molar refractivity (Wildman–Crippen MR) is 46.9 cm³/mol. The van der Waals surface area contributed by atoms with Crippen LogP contribution in [-0.4, -0.2) is 24.8 Å². The molecule has 0 aromatic heterocycles. The van der Waals surface area contributed by atoms with E-state index in [0.29, 0.717) is 12.5 Å². The van der Waals surface area contributed by atoms with E-state index in [1.165, 1.54) is 12.8 Å². The lowest BCUT2D eigenvalue weighted by Gasteiger charge is -2.13. The lowest BCUT2D eigenvalue weighted by Crippen LogP contribution is -2.17. The molecule has 2 fully saturated rings. The smallest absolute Gasteiger partial charge is 0.0474 e. The molecule has 2 nitrogen and oxygen atoms in total. The molecule has 2 N–H and O–H groups in total. The van der Waals surface area contributed by atoms with Crippen LogP contribution in [0.4, 0.5) is 0 Å². The fourth-order valence-corrected chi connectivity index (χ4v) is 2.03. The summed E-state index contributed by atoms with van der Waals surface area (Å²) in [5.41, 5.74) is 0. The van der Waals surface area contributed by atoms with Gasteiger partial charge in [0.25, 0.3) is 0 Å². The molecule has 1 aliphatic heterocycles. The Hall–Kier alpha value is 0.210. The molecule has 2 rings (SSSR count). The lowest BCUT2D eigenvalue weighted by atomic mass is 9.92. The average molecular weight is 178 g/mol. The highest BCUT2D eigenvalue weighted by atomic mass is 35.5. The second kappa shape index (κ2) is 3.74. The van der Waals surface area contributed by atoms with Gasteiger partial charge in [-0.25, -0.2) is 0 Å². The maximum Gasteiger partial charge on any atom is 0.0474 e. The highest BCUT2D eigenvalue weighted by molar-refractivity contribution is 5.85. The Balaban J connectivity index is 0.000000605. The average Bonchev–Trinajstić information content (AvgIpc) is 2.69. The summed E-state index contributed by atoms with van der Waals surface area (Å²) in [6, 6.07) is 0. The highest BCUT2D eigenvalue weighted by Crippen LogP contribution is 2.41. The van der Waals surface area contributed by atoms with Gasteiger partial charge in [-0.1, -0.05) is 0 Å². The normalized spacial score (nSPS) is 36.8. The SMILES string of the molecule is Cl.OC[C@H]1CNC[C@@H]1C1CC1. The van der Waals surface area contributed by atoms with Crippen LogP contribution in [0.5, 0.6) is 0 Å². The first-order valence-corrected chi connectivity index (χ1v) is 4.23. The van der Waals surface area contributed by atoms with Crippen molar-refractivity contribution in [1.82, 2.24) is 5.32 Å². The van der Waals surface area contributed by atoms with Gasteiger partial charge in [-0.15, -0.1) is 12.4 Å². The molecule has 2 aliphatic rings. The fourth-order valence-electron chi connectivity index (χ4n) is 2.03. The number of rotatable bonds is 2. The first kappa shape index (κ1) is 9.30. The van der Waals surface area contributed by atoms with Crippen molar-refractivity contribution in [2.75, 3.05) is 19.7 Å². The molecule has 0 bridgehead atoms.